The standard InChI is InChI=1S/C13H16N4O/c1-2-9-18-11-5-3-10(4-6-11)17-13-12(14)15-7-8-16-13/h3-8H,2,9H2,1H3,(H2,14,15)(H,16,17). The van der Waals surface area contributed by atoms with Crippen LogP contribution in [0.15, 0.2) is 36.7 Å². The second-order valence-electron chi connectivity index (χ2n) is 3.79. The lowest BCUT2D eigenvalue weighted by Crippen LogP contribution is -2.01. The van der Waals surface area contributed by atoms with E-state index in [0.29, 0.717) is 11.6 Å². The Labute approximate surface area is 106 Å². The lowest BCUT2D eigenvalue weighted by atomic mass is 10.3. The van der Waals surface area contributed by atoms with Crippen molar-refractivity contribution in [1.82, 2.24) is 9.97 Å². The maximum atomic E-state index is 5.70. The molecule has 94 valence electrons. The Hall–Kier alpha value is -2.30. The van der Waals surface area contributed by atoms with Crippen molar-refractivity contribution in [1.29, 1.82) is 0 Å². The van der Waals surface area contributed by atoms with Gasteiger partial charge in [0.05, 0.1) is 6.61 Å². The first-order chi connectivity index (χ1) is 8.79. The molecular weight excluding hydrogens is 228 g/mol. The molecule has 2 rings (SSSR count). The van der Waals surface area contributed by atoms with Gasteiger partial charge in [0.1, 0.15) is 5.75 Å². The first kappa shape index (κ1) is 12.2. The van der Waals surface area contributed by atoms with Gasteiger partial charge in [-0.1, -0.05) is 6.92 Å². The minimum atomic E-state index is 0.379. The summed E-state index contributed by atoms with van der Waals surface area (Å²) >= 11 is 0. The zero-order valence-corrected chi connectivity index (χ0v) is 10.3. The molecule has 2 aromatic rings. The van der Waals surface area contributed by atoms with E-state index in [4.69, 9.17) is 10.5 Å². The Morgan fingerprint density at radius 3 is 2.56 bits per heavy atom. The van der Waals surface area contributed by atoms with Gasteiger partial charge in [0.15, 0.2) is 11.6 Å². The van der Waals surface area contributed by atoms with Gasteiger partial charge in [-0.3, -0.25) is 0 Å². The van der Waals surface area contributed by atoms with Crippen LogP contribution < -0.4 is 15.8 Å². The quantitative estimate of drug-likeness (QED) is 0.845. The summed E-state index contributed by atoms with van der Waals surface area (Å²) in [5.41, 5.74) is 6.60. The van der Waals surface area contributed by atoms with Crippen LogP contribution in [-0.2, 0) is 0 Å². The molecule has 1 aromatic carbocycles. The summed E-state index contributed by atoms with van der Waals surface area (Å²) in [6.45, 7) is 2.80. The van der Waals surface area contributed by atoms with E-state index in [2.05, 4.69) is 22.2 Å². The van der Waals surface area contributed by atoms with Crippen LogP contribution >= 0.6 is 0 Å². The molecule has 5 heteroatoms. The molecule has 0 saturated heterocycles. The van der Waals surface area contributed by atoms with Crippen molar-refractivity contribution >= 4 is 17.3 Å². The summed E-state index contributed by atoms with van der Waals surface area (Å²) in [7, 11) is 0. The van der Waals surface area contributed by atoms with Gasteiger partial charge in [-0.2, -0.15) is 0 Å². The molecule has 3 N–H and O–H groups in total. The summed E-state index contributed by atoms with van der Waals surface area (Å²) < 4.78 is 5.50. The summed E-state index contributed by atoms with van der Waals surface area (Å²) in [6, 6.07) is 7.65. The molecule has 0 aliphatic rings. The van der Waals surface area contributed by atoms with Gasteiger partial charge in [0.25, 0.3) is 0 Å². The van der Waals surface area contributed by atoms with Crippen molar-refractivity contribution in [2.75, 3.05) is 17.7 Å². The van der Waals surface area contributed by atoms with Gasteiger partial charge in [0, 0.05) is 18.1 Å². The van der Waals surface area contributed by atoms with Crippen molar-refractivity contribution in [3.05, 3.63) is 36.7 Å². The highest BCUT2D eigenvalue weighted by atomic mass is 16.5. The molecule has 0 bridgehead atoms. The Kier molecular flexibility index (Phi) is 3.96. The van der Waals surface area contributed by atoms with Crippen molar-refractivity contribution in [3.63, 3.8) is 0 Å². The normalized spacial score (nSPS) is 10.1. The second kappa shape index (κ2) is 5.86. The fraction of sp³-hybridized carbons (Fsp3) is 0.231. The van der Waals surface area contributed by atoms with Crippen LogP contribution in [0.2, 0.25) is 0 Å². The lowest BCUT2D eigenvalue weighted by Gasteiger charge is -2.08. The molecule has 0 unspecified atom stereocenters. The maximum Gasteiger partial charge on any atom is 0.173 e. The first-order valence-electron chi connectivity index (χ1n) is 5.86. The number of nitrogen functional groups attached to an aromatic ring is 1. The third-order valence-corrected chi connectivity index (χ3v) is 2.32. The molecule has 0 spiro atoms. The van der Waals surface area contributed by atoms with Crippen LogP contribution in [0.25, 0.3) is 0 Å². The smallest absolute Gasteiger partial charge is 0.173 e. The predicted molar refractivity (Wildman–Crippen MR) is 72.0 cm³/mol. The average molecular weight is 244 g/mol. The predicted octanol–water partition coefficient (Wildman–Crippen LogP) is 2.59. The molecule has 0 atom stereocenters. The summed E-state index contributed by atoms with van der Waals surface area (Å²) in [5, 5.41) is 3.10. The minimum Gasteiger partial charge on any atom is -0.494 e. The van der Waals surface area contributed by atoms with Crippen LogP contribution in [-0.4, -0.2) is 16.6 Å². The van der Waals surface area contributed by atoms with Crippen molar-refractivity contribution < 1.29 is 4.74 Å². The van der Waals surface area contributed by atoms with Crippen LogP contribution in [0.3, 0.4) is 0 Å². The molecule has 1 heterocycles. The number of benzene rings is 1. The topological polar surface area (TPSA) is 73.1 Å². The van der Waals surface area contributed by atoms with Crippen molar-refractivity contribution in [3.8, 4) is 5.75 Å². The number of hydrogen-bond donors (Lipinski definition) is 2. The highest BCUT2D eigenvalue weighted by Gasteiger charge is 2.01. The van der Waals surface area contributed by atoms with Gasteiger partial charge >= 0.3 is 0 Å². The SMILES string of the molecule is CCCOc1ccc(Nc2nccnc2N)cc1. The number of rotatable bonds is 5. The summed E-state index contributed by atoms with van der Waals surface area (Å²) in [5.74, 6) is 1.79. The highest BCUT2D eigenvalue weighted by Crippen LogP contribution is 2.21. The zero-order valence-electron chi connectivity index (χ0n) is 10.3. The third-order valence-electron chi connectivity index (χ3n) is 2.32. The molecule has 1 aromatic heterocycles. The largest absolute Gasteiger partial charge is 0.494 e. The number of anilines is 3. The molecule has 0 saturated carbocycles. The van der Waals surface area contributed by atoms with Crippen LogP contribution in [0.1, 0.15) is 13.3 Å². The van der Waals surface area contributed by atoms with Gasteiger partial charge < -0.3 is 15.8 Å². The Balaban J connectivity index is 2.04. The fourth-order valence-corrected chi connectivity index (χ4v) is 1.44. The fourth-order valence-electron chi connectivity index (χ4n) is 1.44. The van der Waals surface area contributed by atoms with E-state index in [0.717, 1.165) is 24.5 Å². The van der Waals surface area contributed by atoms with E-state index in [1.165, 1.54) is 0 Å². The van der Waals surface area contributed by atoms with E-state index in [9.17, 15) is 0 Å². The van der Waals surface area contributed by atoms with Crippen LogP contribution in [0.4, 0.5) is 17.3 Å². The van der Waals surface area contributed by atoms with Gasteiger partial charge in [-0.25, -0.2) is 9.97 Å². The molecule has 0 amide bonds. The minimum absolute atomic E-state index is 0.379. The zero-order chi connectivity index (χ0) is 12.8. The molecular formula is C13H16N4O. The number of nitrogens with two attached hydrogens (primary N) is 1. The van der Waals surface area contributed by atoms with Gasteiger partial charge in [-0.15, -0.1) is 0 Å². The Morgan fingerprint density at radius 1 is 1.17 bits per heavy atom. The molecule has 5 nitrogen and oxygen atoms in total. The number of nitrogens with zero attached hydrogens (tertiary/aromatic N) is 2. The van der Waals surface area contributed by atoms with Crippen molar-refractivity contribution in [2.24, 2.45) is 0 Å². The van der Waals surface area contributed by atoms with E-state index in [1.807, 2.05) is 24.3 Å². The Morgan fingerprint density at radius 2 is 1.89 bits per heavy atom. The number of hydrogen-bond acceptors (Lipinski definition) is 5. The molecule has 0 aliphatic carbocycles. The number of ether oxygens (including phenoxy) is 1. The molecule has 0 radical (unpaired) electrons. The monoisotopic (exact) mass is 244 g/mol. The number of nitrogens with one attached hydrogen (secondary N) is 1. The third kappa shape index (κ3) is 3.10. The maximum absolute atomic E-state index is 5.70. The molecule has 0 fully saturated rings. The number of aromatic nitrogens is 2. The van der Waals surface area contributed by atoms with Crippen molar-refractivity contribution in [2.45, 2.75) is 13.3 Å². The van der Waals surface area contributed by atoms with E-state index in [1.54, 1.807) is 12.4 Å². The van der Waals surface area contributed by atoms with Gasteiger partial charge in [-0.05, 0) is 30.7 Å². The summed E-state index contributed by atoms with van der Waals surface area (Å²) in [4.78, 5) is 8.08. The van der Waals surface area contributed by atoms with Gasteiger partial charge in [0.2, 0.25) is 0 Å². The summed E-state index contributed by atoms with van der Waals surface area (Å²) in [6.07, 6.45) is 4.15. The van der Waals surface area contributed by atoms with Crippen LogP contribution in [0, 0.1) is 0 Å². The molecule has 0 aliphatic heterocycles. The highest BCUT2D eigenvalue weighted by molar-refractivity contribution is 5.65. The first-order valence-corrected chi connectivity index (χ1v) is 5.86. The average Bonchev–Trinajstić information content (AvgIpc) is 2.41. The second-order valence-corrected chi connectivity index (χ2v) is 3.79. The van der Waals surface area contributed by atoms with E-state index < -0.39 is 0 Å². The van der Waals surface area contributed by atoms with E-state index >= 15 is 0 Å². The Bertz CT molecular complexity index is 499. The molecule has 18 heavy (non-hydrogen) atoms. The lowest BCUT2D eigenvalue weighted by molar-refractivity contribution is 0.317. The van der Waals surface area contributed by atoms with E-state index in [-0.39, 0.29) is 0 Å². The van der Waals surface area contributed by atoms with Crippen LogP contribution in [0.5, 0.6) is 5.75 Å².